The van der Waals surface area contributed by atoms with Crippen molar-refractivity contribution in [2.45, 2.75) is 57.0 Å². The number of carbonyl (C=O) groups is 1. The van der Waals surface area contributed by atoms with Crippen molar-refractivity contribution in [2.24, 2.45) is 4.99 Å². The summed E-state index contributed by atoms with van der Waals surface area (Å²) in [5.41, 5.74) is 2.51. The van der Waals surface area contributed by atoms with Crippen molar-refractivity contribution >= 4 is 47.6 Å². The fraction of sp³-hybridized carbons (Fsp3) is 0.579. The smallest absolute Gasteiger partial charge is 0.220 e. The zero-order valence-corrected chi connectivity index (χ0v) is 19.1. The van der Waals surface area contributed by atoms with E-state index in [1.807, 2.05) is 0 Å². The van der Waals surface area contributed by atoms with Crippen LogP contribution >= 0.6 is 35.7 Å². The summed E-state index contributed by atoms with van der Waals surface area (Å²) >= 11 is 1.75. The molecule has 1 aliphatic carbocycles. The van der Waals surface area contributed by atoms with E-state index in [1.165, 1.54) is 16.0 Å². The Hall–Kier alpha value is -0.960. The molecular formula is C19H31IN4OS. The first kappa shape index (κ1) is 23.1. The van der Waals surface area contributed by atoms with Gasteiger partial charge in [0.05, 0.1) is 6.54 Å². The maximum Gasteiger partial charge on any atom is 0.220 e. The van der Waals surface area contributed by atoms with Crippen molar-refractivity contribution in [1.29, 1.82) is 0 Å². The van der Waals surface area contributed by atoms with Gasteiger partial charge in [0.1, 0.15) is 0 Å². The summed E-state index contributed by atoms with van der Waals surface area (Å²) < 4.78 is 0. The number of carbonyl (C=O) groups excluding carboxylic acids is 1. The Bertz CT molecular complexity index is 605. The lowest BCUT2D eigenvalue weighted by atomic mass is 10.1. The highest BCUT2D eigenvalue weighted by molar-refractivity contribution is 14.0. The molecule has 2 rings (SSSR count). The van der Waals surface area contributed by atoms with E-state index in [4.69, 9.17) is 0 Å². The van der Waals surface area contributed by atoms with Gasteiger partial charge in [-0.2, -0.15) is 0 Å². The quantitative estimate of drug-likeness (QED) is 0.163. The lowest BCUT2D eigenvalue weighted by molar-refractivity contribution is -0.121. The molecule has 0 radical (unpaired) electrons. The molecule has 0 saturated heterocycles. The first-order valence-corrected chi connectivity index (χ1v) is 10.3. The SMILES string of the molecule is CCNC(=NCc1ccc(C)cc1SC)NCCCC(=O)NC1CC1.I. The third kappa shape index (κ3) is 8.62. The molecule has 1 amide bonds. The fourth-order valence-electron chi connectivity index (χ4n) is 2.47. The van der Waals surface area contributed by atoms with E-state index in [1.54, 1.807) is 11.8 Å². The second-order valence-corrected chi connectivity index (χ2v) is 7.23. The van der Waals surface area contributed by atoms with Crippen LogP contribution in [-0.4, -0.2) is 37.3 Å². The Morgan fingerprint density at radius 1 is 1.31 bits per heavy atom. The Kier molecular flexibility index (Phi) is 11.0. The van der Waals surface area contributed by atoms with Crippen LogP contribution in [-0.2, 0) is 11.3 Å². The van der Waals surface area contributed by atoms with Crippen LogP contribution in [0.4, 0.5) is 0 Å². The van der Waals surface area contributed by atoms with Gasteiger partial charge in [0.15, 0.2) is 5.96 Å². The van der Waals surface area contributed by atoms with Crippen LogP contribution in [0.1, 0.15) is 43.7 Å². The molecule has 0 heterocycles. The minimum absolute atomic E-state index is 0. The van der Waals surface area contributed by atoms with Gasteiger partial charge in [0.2, 0.25) is 5.91 Å². The van der Waals surface area contributed by atoms with E-state index in [-0.39, 0.29) is 29.9 Å². The number of hydrogen-bond donors (Lipinski definition) is 3. The number of rotatable bonds is 9. The summed E-state index contributed by atoms with van der Waals surface area (Å²) in [6, 6.07) is 6.92. The molecule has 1 aromatic carbocycles. The van der Waals surface area contributed by atoms with Gasteiger partial charge in [-0.15, -0.1) is 35.7 Å². The van der Waals surface area contributed by atoms with Gasteiger partial charge in [-0.1, -0.05) is 12.1 Å². The molecule has 1 aliphatic rings. The number of hydrogen-bond acceptors (Lipinski definition) is 3. The van der Waals surface area contributed by atoms with Crippen LogP contribution in [0.2, 0.25) is 0 Å². The van der Waals surface area contributed by atoms with Crippen molar-refractivity contribution in [3.8, 4) is 0 Å². The van der Waals surface area contributed by atoms with Crippen molar-refractivity contribution in [1.82, 2.24) is 16.0 Å². The molecule has 3 N–H and O–H groups in total. The highest BCUT2D eigenvalue weighted by Gasteiger charge is 2.22. The molecule has 0 spiro atoms. The number of aliphatic imine (C=N–C) groups is 1. The van der Waals surface area contributed by atoms with Crippen LogP contribution < -0.4 is 16.0 Å². The molecule has 1 saturated carbocycles. The van der Waals surface area contributed by atoms with Crippen LogP contribution in [0, 0.1) is 6.92 Å². The van der Waals surface area contributed by atoms with E-state index >= 15 is 0 Å². The summed E-state index contributed by atoms with van der Waals surface area (Å²) in [4.78, 5) is 17.6. The fourth-order valence-corrected chi connectivity index (χ4v) is 3.17. The monoisotopic (exact) mass is 490 g/mol. The van der Waals surface area contributed by atoms with Crippen molar-refractivity contribution < 1.29 is 4.79 Å². The third-order valence-corrected chi connectivity index (χ3v) is 4.83. The molecule has 0 atom stereocenters. The lowest BCUT2D eigenvalue weighted by Crippen LogP contribution is -2.38. The number of thioether (sulfide) groups is 1. The number of guanidine groups is 1. The second-order valence-electron chi connectivity index (χ2n) is 6.38. The molecule has 146 valence electrons. The van der Waals surface area contributed by atoms with Crippen molar-refractivity contribution in [3.63, 3.8) is 0 Å². The number of halogens is 1. The Morgan fingerprint density at radius 3 is 2.73 bits per heavy atom. The first-order chi connectivity index (χ1) is 12.1. The molecule has 0 bridgehead atoms. The molecule has 7 heteroatoms. The summed E-state index contributed by atoms with van der Waals surface area (Å²) in [5.74, 6) is 0.966. The number of nitrogens with zero attached hydrogens (tertiary/aromatic N) is 1. The van der Waals surface area contributed by atoms with E-state index < -0.39 is 0 Å². The molecule has 5 nitrogen and oxygen atoms in total. The van der Waals surface area contributed by atoms with Gasteiger partial charge >= 0.3 is 0 Å². The van der Waals surface area contributed by atoms with Gasteiger partial charge in [0.25, 0.3) is 0 Å². The maximum absolute atomic E-state index is 11.7. The van der Waals surface area contributed by atoms with Gasteiger partial charge in [-0.05, 0) is 56.6 Å². The molecule has 0 aliphatic heterocycles. The van der Waals surface area contributed by atoms with Gasteiger partial charge in [-0.25, -0.2) is 4.99 Å². The number of aryl methyl sites for hydroxylation is 1. The standard InChI is InChI=1S/C19H30N4OS.HI/c1-4-20-19(21-11-5-6-18(24)23-16-9-10-16)22-13-15-8-7-14(2)12-17(15)25-3;/h7-8,12,16H,4-6,9-11,13H2,1-3H3,(H,23,24)(H2,20,21,22);1H. The van der Waals surface area contributed by atoms with Crippen LogP contribution in [0.15, 0.2) is 28.1 Å². The number of amides is 1. The summed E-state index contributed by atoms with van der Waals surface area (Å²) in [6.45, 7) is 6.37. The molecule has 0 unspecified atom stereocenters. The predicted octanol–water partition coefficient (Wildman–Crippen LogP) is 3.45. The molecule has 1 aromatic rings. The topological polar surface area (TPSA) is 65.5 Å². The minimum atomic E-state index is 0. The van der Waals surface area contributed by atoms with E-state index in [9.17, 15) is 4.79 Å². The average Bonchev–Trinajstić information content (AvgIpc) is 3.41. The normalized spacial score (nSPS) is 13.7. The highest BCUT2D eigenvalue weighted by atomic mass is 127. The Labute approximate surface area is 178 Å². The van der Waals surface area contributed by atoms with Gasteiger partial charge in [-0.3, -0.25) is 4.79 Å². The predicted molar refractivity (Wildman–Crippen MR) is 122 cm³/mol. The van der Waals surface area contributed by atoms with Crippen molar-refractivity contribution in [2.75, 3.05) is 19.3 Å². The maximum atomic E-state index is 11.7. The van der Waals surface area contributed by atoms with Crippen LogP contribution in [0.5, 0.6) is 0 Å². The first-order valence-electron chi connectivity index (χ1n) is 9.07. The van der Waals surface area contributed by atoms with E-state index in [0.717, 1.165) is 38.3 Å². The highest BCUT2D eigenvalue weighted by Crippen LogP contribution is 2.22. The zero-order chi connectivity index (χ0) is 18.1. The largest absolute Gasteiger partial charge is 0.357 e. The minimum Gasteiger partial charge on any atom is -0.357 e. The average molecular weight is 490 g/mol. The van der Waals surface area contributed by atoms with E-state index in [2.05, 4.69) is 59.2 Å². The van der Waals surface area contributed by atoms with Crippen LogP contribution in [0.25, 0.3) is 0 Å². The number of benzene rings is 1. The number of nitrogens with one attached hydrogen (secondary N) is 3. The lowest BCUT2D eigenvalue weighted by Gasteiger charge is -2.12. The molecular weight excluding hydrogens is 459 g/mol. The van der Waals surface area contributed by atoms with Gasteiger partial charge < -0.3 is 16.0 Å². The molecule has 26 heavy (non-hydrogen) atoms. The molecule has 0 aromatic heterocycles. The molecule has 1 fully saturated rings. The van der Waals surface area contributed by atoms with E-state index in [0.29, 0.717) is 19.0 Å². The summed E-state index contributed by atoms with van der Waals surface area (Å²) in [7, 11) is 0. The summed E-state index contributed by atoms with van der Waals surface area (Å²) in [6.07, 6.45) is 5.75. The second kappa shape index (κ2) is 12.4. The zero-order valence-electron chi connectivity index (χ0n) is 15.9. The summed E-state index contributed by atoms with van der Waals surface area (Å²) in [5, 5.41) is 9.60. The van der Waals surface area contributed by atoms with Crippen molar-refractivity contribution in [3.05, 3.63) is 29.3 Å². The van der Waals surface area contributed by atoms with Crippen LogP contribution in [0.3, 0.4) is 0 Å². The third-order valence-electron chi connectivity index (χ3n) is 4.01. The Balaban J connectivity index is 0.00000338. The Morgan fingerprint density at radius 2 is 2.08 bits per heavy atom. The van der Waals surface area contributed by atoms with Gasteiger partial charge in [0, 0.05) is 30.4 Å².